The second-order valence-electron chi connectivity index (χ2n) is 6.82. The third-order valence-electron chi connectivity index (χ3n) is 4.84. The van der Waals surface area contributed by atoms with Crippen LogP contribution in [-0.4, -0.2) is 41.5 Å². The summed E-state index contributed by atoms with van der Waals surface area (Å²) in [6.07, 6.45) is 1.65. The minimum Gasteiger partial charge on any atom is -0.396 e. The van der Waals surface area contributed by atoms with Crippen molar-refractivity contribution in [1.82, 2.24) is 4.90 Å². The zero-order valence-electron chi connectivity index (χ0n) is 14.9. The second kappa shape index (κ2) is 8.15. The van der Waals surface area contributed by atoms with Gasteiger partial charge in [-0.05, 0) is 56.0 Å². The van der Waals surface area contributed by atoms with Gasteiger partial charge in [-0.3, -0.25) is 9.59 Å². The number of amides is 2. The van der Waals surface area contributed by atoms with Crippen LogP contribution in [0, 0.1) is 12.8 Å². The Labute approximate surface area is 153 Å². The van der Waals surface area contributed by atoms with Gasteiger partial charge in [0.1, 0.15) is 0 Å². The first kappa shape index (κ1) is 18.1. The standard InChI is InChI=1S/C21H24N2O3/c1-15-5-7-17(8-6-15)20(25)22-19-4-2-3-18(13-19)21(26)23-11-9-16(14-24)10-12-23/h2-8,13,16,24H,9-12,14H2,1H3,(H,22,25). The molecule has 5 nitrogen and oxygen atoms in total. The van der Waals surface area contributed by atoms with E-state index in [0.29, 0.717) is 35.8 Å². The maximum atomic E-state index is 12.7. The molecule has 1 heterocycles. The third kappa shape index (κ3) is 4.29. The molecule has 5 heteroatoms. The summed E-state index contributed by atoms with van der Waals surface area (Å²) in [7, 11) is 0. The highest BCUT2D eigenvalue weighted by Crippen LogP contribution is 2.20. The predicted molar refractivity (Wildman–Crippen MR) is 101 cm³/mol. The molecule has 1 saturated heterocycles. The number of piperidine rings is 1. The van der Waals surface area contributed by atoms with Crippen LogP contribution in [0.15, 0.2) is 48.5 Å². The molecule has 0 atom stereocenters. The lowest BCUT2D eigenvalue weighted by Crippen LogP contribution is -2.39. The van der Waals surface area contributed by atoms with Crippen molar-refractivity contribution in [3.8, 4) is 0 Å². The van der Waals surface area contributed by atoms with Crippen LogP contribution in [-0.2, 0) is 0 Å². The van der Waals surface area contributed by atoms with Gasteiger partial charge in [-0.15, -0.1) is 0 Å². The lowest BCUT2D eigenvalue weighted by Gasteiger charge is -2.31. The van der Waals surface area contributed by atoms with Gasteiger partial charge in [0.15, 0.2) is 0 Å². The molecule has 0 aliphatic carbocycles. The van der Waals surface area contributed by atoms with E-state index in [4.69, 9.17) is 0 Å². The fourth-order valence-corrected chi connectivity index (χ4v) is 3.14. The van der Waals surface area contributed by atoms with Crippen LogP contribution in [0.4, 0.5) is 5.69 Å². The molecular formula is C21H24N2O3. The second-order valence-corrected chi connectivity index (χ2v) is 6.82. The number of nitrogens with zero attached hydrogens (tertiary/aromatic N) is 1. The van der Waals surface area contributed by atoms with E-state index >= 15 is 0 Å². The maximum absolute atomic E-state index is 12.7. The molecule has 2 amide bonds. The van der Waals surface area contributed by atoms with Gasteiger partial charge >= 0.3 is 0 Å². The van der Waals surface area contributed by atoms with Gasteiger partial charge in [0, 0.05) is 36.5 Å². The molecule has 3 rings (SSSR count). The number of carbonyl (C=O) groups is 2. The Morgan fingerprint density at radius 2 is 1.77 bits per heavy atom. The molecule has 0 unspecified atom stereocenters. The number of likely N-dealkylation sites (tertiary alicyclic amines) is 1. The Morgan fingerprint density at radius 3 is 2.42 bits per heavy atom. The summed E-state index contributed by atoms with van der Waals surface area (Å²) >= 11 is 0. The smallest absolute Gasteiger partial charge is 0.255 e. The molecular weight excluding hydrogens is 328 g/mol. The van der Waals surface area contributed by atoms with Gasteiger partial charge in [0.2, 0.25) is 0 Å². The Morgan fingerprint density at radius 1 is 1.08 bits per heavy atom. The van der Waals surface area contributed by atoms with Crippen molar-refractivity contribution in [1.29, 1.82) is 0 Å². The van der Waals surface area contributed by atoms with Crippen LogP contribution in [0.5, 0.6) is 0 Å². The molecule has 1 aliphatic heterocycles. The molecule has 1 fully saturated rings. The highest BCUT2D eigenvalue weighted by Gasteiger charge is 2.23. The van der Waals surface area contributed by atoms with E-state index in [-0.39, 0.29) is 18.4 Å². The molecule has 0 radical (unpaired) electrons. The number of benzene rings is 2. The summed E-state index contributed by atoms with van der Waals surface area (Å²) in [4.78, 5) is 26.9. The van der Waals surface area contributed by atoms with Crippen LogP contribution in [0.2, 0.25) is 0 Å². The molecule has 0 saturated carbocycles. The number of hydrogen-bond acceptors (Lipinski definition) is 3. The number of rotatable bonds is 4. The number of aryl methyl sites for hydroxylation is 1. The summed E-state index contributed by atoms with van der Waals surface area (Å²) in [5, 5.41) is 12.1. The lowest BCUT2D eigenvalue weighted by molar-refractivity contribution is 0.0650. The van der Waals surface area contributed by atoms with E-state index in [2.05, 4.69) is 5.32 Å². The van der Waals surface area contributed by atoms with E-state index in [1.165, 1.54) is 0 Å². The maximum Gasteiger partial charge on any atom is 0.255 e. The average Bonchev–Trinajstić information content (AvgIpc) is 2.68. The lowest BCUT2D eigenvalue weighted by atomic mass is 9.97. The molecule has 0 aromatic heterocycles. The first-order valence-electron chi connectivity index (χ1n) is 8.95. The number of carbonyl (C=O) groups excluding carboxylic acids is 2. The average molecular weight is 352 g/mol. The normalized spacial score (nSPS) is 14.9. The van der Waals surface area contributed by atoms with E-state index in [1.54, 1.807) is 36.4 Å². The third-order valence-corrected chi connectivity index (χ3v) is 4.84. The van der Waals surface area contributed by atoms with Gasteiger partial charge < -0.3 is 15.3 Å². The van der Waals surface area contributed by atoms with Crippen LogP contribution >= 0.6 is 0 Å². The summed E-state index contributed by atoms with van der Waals surface area (Å²) in [6, 6.07) is 14.4. The summed E-state index contributed by atoms with van der Waals surface area (Å²) < 4.78 is 0. The van der Waals surface area contributed by atoms with E-state index in [1.807, 2.05) is 24.0 Å². The van der Waals surface area contributed by atoms with Crippen molar-refractivity contribution in [2.75, 3.05) is 25.0 Å². The molecule has 2 aromatic rings. The summed E-state index contributed by atoms with van der Waals surface area (Å²) in [5.41, 5.74) is 2.85. The Hall–Kier alpha value is -2.66. The van der Waals surface area contributed by atoms with Crippen molar-refractivity contribution in [3.63, 3.8) is 0 Å². The van der Waals surface area contributed by atoms with Crippen LogP contribution in [0.1, 0.15) is 39.1 Å². The Kier molecular flexibility index (Phi) is 5.68. The van der Waals surface area contributed by atoms with Crippen molar-refractivity contribution in [2.45, 2.75) is 19.8 Å². The number of aliphatic hydroxyl groups is 1. The van der Waals surface area contributed by atoms with Crippen molar-refractivity contribution in [2.24, 2.45) is 5.92 Å². The van der Waals surface area contributed by atoms with E-state index in [0.717, 1.165) is 18.4 Å². The highest BCUT2D eigenvalue weighted by molar-refractivity contribution is 6.05. The minimum absolute atomic E-state index is 0.0344. The van der Waals surface area contributed by atoms with Crippen molar-refractivity contribution >= 4 is 17.5 Å². The zero-order valence-corrected chi connectivity index (χ0v) is 14.9. The highest BCUT2D eigenvalue weighted by atomic mass is 16.3. The number of hydrogen-bond donors (Lipinski definition) is 2. The Balaban J connectivity index is 1.67. The molecule has 136 valence electrons. The van der Waals surface area contributed by atoms with Crippen LogP contribution in [0.25, 0.3) is 0 Å². The van der Waals surface area contributed by atoms with Gasteiger partial charge in [0.25, 0.3) is 11.8 Å². The monoisotopic (exact) mass is 352 g/mol. The first-order chi connectivity index (χ1) is 12.6. The SMILES string of the molecule is Cc1ccc(C(=O)Nc2cccc(C(=O)N3CCC(CO)CC3)c2)cc1. The van der Waals surface area contributed by atoms with Gasteiger partial charge in [-0.1, -0.05) is 23.8 Å². The minimum atomic E-state index is -0.196. The van der Waals surface area contributed by atoms with Gasteiger partial charge in [0.05, 0.1) is 0 Å². The summed E-state index contributed by atoms with van der Waals surface area (Å²) in [5.74, 6) is 0.0605. The molecule has 0 spiro atoms. The molecule has 1 aliphatic rings. The molecule has 26 heavy (non-hydrogen) atoms. The van der Waals surface area contributed by atoms with Crippen LogP contribution in [0.3, 0.4) is 0 Å². The quantitative estimate of drug-likeness (QED) is 0.888. The van der Waals surface area contributed by atoms with E-state index in [9.17, 15) is 14.7 Å². The predicted octanol–water partition coefficient (Wildman–Crippen LogP) is 3.09. The zero-order chi connectivity index (χ0) is 18.5. The number of nitrogens with one attached hydrogen (secondary N) is 1. The Bertz CT molecular complexity index is 778. The molecule has 2 aromatic carbocycles. The fourth-order valence-electron chi connectivity index (χ4n) is 3.14. The largest absolute Gasteiger partial charge is 0.396 e. The van der Waals surface area contributed by atoms with Gasteiger partial charge in [-0.2, -0.15) is 0 Å². The van der Waals surface area contributed by atoms with Crippen LogP contribution < -0.4 is 5.32 Å². The number of aliphatic hydroxyl groups excluding tert-OH is 1. The molecule has 2 N–H and O–H groups in total. The topological polar surface area (TPSA) is 69.6 Å². The molecule has 0 bridgehead atoms. The number of anilines is 1. The van der Waals surface area contributed by atoms with Crippen molar-refractivity contribution < 1.29 is 14.7 Å². The van der Waals surface area contributed by atoms with Gasteiger partial charge in [-0.25, -0.2) is 0 Å². The fraction of sp³-hybridized carbons (Fsp3) is 0.333. The summed E-state index contributed by atoms with van der Waals surface area (Å²) in [6.45, 7) is 3.47. The van der Waals surface area contributed by atoms with E-state index < -0.39 is 0 Å². The van der Waals surface area contributed by atoms with Crippen molar-refractivity contribution in [3.05, 3.63) is 65.2 Å². The first-order valence-corrected chi connectivity index (χ1v) is 8.95.